The van der Waals surface area contributed by atoms with Crippen LogP contribution in [-0.4, -0.2) is 21.9 Å². The number of rotatable bonds is 6. The minimum Gasteiger partial charge on any atom is -0.322 e. The molecule has 0 aliphatic heterocycles. The normalized spacial score (nSPS) is 10.8. The minimum atomic E-state index is -0.0190. The summed E-state index contributed by atoms with van der Waals surface area (Å²) in [7, 11) is 0. The van der Waals surface area contributed by atoms with Gasteiger partial charge in [0, 0.05) is 0 Å². The molecule has 2 aromatic carbocycles. The van der Waals surface area contributed by atoms with Crippen molar-refractivity contribution in [3.05, 3.63) is 83.2 Å². The molecule has 128 valence electrons. The molecule has 0 aliphatic rings. The number of hydrogen-bond acceptors (Lipinski definition) is 3. The lowest BCUT2D eigenvalue weighted by Gasteiger charge is -2.17. The monoisotopic (exact) mass is 351 g/mol. The number of anilines is 1. The van der Waals surface area contributed by atoms with Crippen LogP contribution in [0.2, 0.25) is 0 Å². The van der Waals surface area contributed by atoms with Gasteiger partial charge >= 0.3 is 0 Å². The predicted octanol–water partition coefficient (Wildman–Crippen LogP) is 4.49. The van der Waals surface area contributed by atoms with E-state index in [9.17, 15) is 4.79 Å². The lowest BCUT2D eigenvalue weighted by atomic mass is 10.0. The first-order valence-electron chi connectivity index (χ1n) is 8.18. The Morgan fingerprint density at radius 1 is 1.04 bits per heavy atom. The van der Waals surface area contributed by atoms with Gasteiger partial charge in [0.15, 0.2) is 0 Å². The molecule has 0 saturated carbocycles. The molecule has 1 heterocycles. The van der Waals surface area contributed by atoms with Gasteiger partial charge in [0.1, 0.15) is 0 Å². The Morgan fingerprint density at radius 3 is 2.08 bits per heavy atom. The van der Waals surface area contributed by atoms with Crippen LogP contribution in [0, 0.1) is 13.8 Å². The number of benzene rings is 2. The Balaban J connectivity index is 1.72. The Kier molecular flexibility index (Phi) is 5.56. The molecule has 4 nitrogen and oxygen atoms in total. The predicted molar refractivity (Wildman–Crippen MR) is 104 cm³/mol. The van der Waals surface area contributed by atoms with E-state index in [0.717, 1.165) is 17.1 Å². The number of nitrogens with zero attached hydrogens (tertiary/aromatic N) is 1. The van der Waals surface area contributed by atoms with Gasteiger partial charge in [0.25, 0.3) is 0 Å². The maximum Gasteiger partial charge on any atom is 0.234 e. The molecule has 0 aliphatic carbocycles. The molecule has 25 heavy (non-hydrogen) atoms. The third-order valence-corrected chi connectivity index (χ3v) is 5.28. The molecule has 3 aromatic rings. The van der Waals surface area contributed by atoms with Crippen molar-refractivity contribution in [3.63, 3.8) is 0 Å². The van der Waals surface area contributed by atoms with Crippen LogP contribution in [0.15, 0.2) is 60.7 Å². The molecule has 1 aromatic heterocycles. The first-order valence-corrected chi connectivity index (χ1v) is 9.23. The Bertz CT molecular complexity index is 772. The summed E-state index contributed by atoms with van der Waals surface area (Å²) < 4.78 is 0. The maximum atomic E-state index is 12.4. The van der Waals surface area contributed by atoms with Crippen molar-refractivity contribution in [1.82, 2.24) is 10.2 Å². The largest absolute Gasteiger partial charge is 0.322 e. The lowest BCUT2D eigenvalue weighted by molar-refractivity contribution is -0.113. The summed E-state index contributed by atoms with van der Waals surface area (Å²) in [5.74, 6) is 0.355. The smallest absolute Gasteiger partial charge is 0.234 e. The van der Waals surface area contributed by atoms with Crippen LogP contribution in [0.5, 0.6) is 0 Å². The molecule has 0 unspecified atom stereocenters. The van der Waals surface area contributed by atoms with Gasteiger partial charge in [-0.05, 0) is 25.0 Å². The summed E-state index contributed by atoms with van der Waals surface area (Å²) in [4.78, 5) is 12.4. The average molecular weight is 351 g/mol. The topological polar surface area (TPSA) is 57.8 Å². The number of thioether (sulfide) groups is 1. The second-order valence-electron chi connectivity index (χ2n) is 5.87. The highest BCUT2D eigenvalue weighted by atomic mass is 32.2. The number of aromatic amines is 1. The van der Waals surface area contributed by atoms with Crippen LogP contribution in [0.4, 0.5) is 5.69 Å². The van der Waals surface area contributed by atoms with Gasteiger partial charge in [-0.1, -0.05) is 60.7 Å². The van der Waals surface area contributed by atoms with E-state index in [4.69, 9.17) is 0 Å². The molecule has 1 amide bonds. The summed E-state index contributed by atoms with van der Waals surface area (Å²) >= 11 is 1.63. The first kappa shape index (κ1) is 17.3. The fraction of sp³-hybridized carbons (Fsp3) is 0.200. The van der Waals surface area contributed by atoms with Crippen LogP contribution in [0.25, 0.3) is 0 Å². The number of hydrogen-bond donors (Lipinski definition) is 2. The van der Waals surface area contributed by atoms with E-state index in [-0.39, 0.29) is 11.2 Å². The third kappa shape index (κ3) is 4.31. The van der Waals surface area contributed by atoms with E-state index in [1.807, 2.05) is 50.2 Å². The summed E-state index contributed by atoms with van der Waals surface area (Å²) in [5.41, 5.74) is 4.85. The second-order valence-corrected chi connectivity index (χ2v) is 6.96. The number of aromatic nitrogens is 2. The molecule has 3 rings (SSSR count). The zero-order valence-corrected chi connectivity index (χ0v) is 15.1. The summed E-state index contributed by atoms with van der Waals surface area (Å²) in [6.07, 6.45) is 0. The van der Waals surface area contributed by atoms with Gasteiger partial charge in [-0.25, -0.2) is 0 Å². The van der Waals surface area contributed by atoms with Crippen LogP contribution < -0.4 is 5.32 Å². The van der Waals surface area contributed by atoms with Crippen molar-refractivity contribution in [3.8, 4) is 0 Å². The highest BCUT2D eigenvalue weighted by Crippen LogP contribution is 2.35. The molecule has 0 saturated heterocycles. The van der Waals surface area contributed by atoms with Gasteiger partial charge in [0.2, 0.25) is 5.91 Å². The van der Waals surface area contributed by atoms with E-state index in [1.54, 1.807) is 11.8 Å². The summed E-state index contributed by atoms with van der Waals surface area (Å²) in [6.45, 7) is 3.78. The standard InChI is InChI=1S/C20H21N3OS/c1-14-19(15(2)23-22-14)21-18(24)13-25-20(16-9-5-3-6-10-16)17-11-7-4-8-12-17/h3-12,20H,13H2,1-2H3,(H,21,24)(H,22,23). The molecular formula is C20H21N3OS. The van der Waals surface area contributed by atoms with Crippen molar-refractivity contribution >= 4 is 23.4 Å². The highest BCUT2D eigenvalue weighted by Gasteiger charge is 2.17. The van der Waals surface area contributed by atoms with Crippen molar-refractivity contribution in [2.75, 3.05) is 11.1 Å². The van der Waals surface area contributed by atoms with Crippen molar-refractivity contribution < 1.29 is 4.79 Å². The maximum absolute atomic E-state index is 12.4. The van der Waals surface area contributed by atoms with Gasteiger partial charge in [0.05, 0.1) is 28.1 Å². The van der Waals surface area contributed by atoms with E-state index < -0.39 is 0 Å². The summed E-state index contributed by atoms with van der Waals surface area (Å²) in [5, 5.41) is 10.1. The number of amides is 1. The van der Waals surface area contributed by atoms with Gasteiger partial charge < -0.3 is 5.32 Å². The molecule has 2 N–H and O–H groups in total. The third-order valence-electron chi connectivity index (χ3n) is 3.98. The zero-order valence-electron chi connectivity index (χ0n) is 14.3. The quantitative estimate of drug-likeness (QED) is 0.688. The zero-order chi connectivity index (χ0) is 17.6. The van der Waals surface area contributed by atoms with Crippen LogP contribution >= 0.6 is 11.8 Å². The lowest BCUT2D eigenvalue weighted by Crippen LogP contribution is -2.16. The molecule has 0 radical (unpaired) electrons. The van der Waals surface area contributed by atoms with Gasteiger partial charge in [-0.3, -0.25) is 9.89 Å². The number of carbonyl (C=O) groups is 1. The molecule has 5 heteroatoms. The fourth-order valence-corrected chi connectivity index (χ4v) is 3.80. The molecular weight excluding hydrogens is 330 g/mol. The second kappa shape index (κ2) is 8.03. The molecule has 0 spiro atoms. The SMILES string of the molecule is Cc1n[nH]c(C)c1NC(=O)CSC(c1ccccc1)c1ccccc1. The van der Waals surface area contributed by atoms with Gasteiger partial charge in [-0.2, -0.15) is 5.10 Å². The van der Waals surface area contributed by atoms with E-state index >= 15 is 0 Å². The highest BCUT2D eigenvalue weighted by molar-refractivity contribution is 8.00. The molecule has 0 fully saturated rings. The first-order chi connectivity index (χ1) is 12.1. The number of carbonyl (C=O) groups excluding carboxylic acids is 1. The molecule has 0 atom stereocenters. The van der Waals surface area contributed by atoms with Gasteiger partial charge in [-0.15, -0.1) is 11.8 Å². The molecule has 0 bridgehead atoms. The number of H-pyrrole nitrogens is 1. The van der Waals surface area contributed by atoms with Crippen molar-refractivity contribution in [2.24, 2.45) is 0 Å². The number of nitrogens with one attached hydrogen (secondary N) is 2. The Labute approximate surface area is 152 Å². The van der Waals surface area contributed by atoms with Crippen molar-refractivity contribution in [1.29, 1.82) is 0 Å². The van der Waals surface area contributed by atoms with Crippen LogP contribution in [-0.2, 0) is 4.79 Å². The Hall–Kier alpha value is -2.53. The van der Waals surface area contributed by atoms with E-state index in [1.165, 1.54) is 11.1 Å². The van der Waals surface area contributed by atoms with E-state index in [2.05, 4.69) is 39.8 Å². The van der Waals surface area contributed by atoms with Crippen LogP contribution in [0.1, 0.15) is 27.8 Å². The summed E-state index contributed by atoms with van der Waals surface area (Å²) in [6, 6.07) is 20.6. The van der Waals surface area contributed by atoms with Crippen molar-refractivity contribution in [2.45, 2.75) is 19.1 Å². The fourth-order valence-electron chi connectivity index (χ4n) is 2.71. The Morgan fingerprint density at radius 2 is 1.60 bits per heavy atom. The minimum absolute atomic E-state index is 0.0190. The average Bonchev–Trinajstić information content (AvgIpc) is 2.96. The van der Waals surface area contributed by atoms with Crippen LogP contribution in [0.3, 0.4) is 0 Å². The number of aryl methyl sites for hydroxylation is 2. The van der Waals surface area contributed by atoms with E-state index in [0.29, 0.717) is 5.75 Å².